The number of hydrogen-bond acceptors (Lipinski definition) is 2. The number of amides is 2. The summed E-state index contributed by atoms with van der Waals surface area (Å²) < 4.78 is 0.871. The van der Waals surface area contributed by atoms with Crippen LogP contribution >= 0.6 is 15.9 Å². The highest BCUT2D eigenvalue weighted by molar-refractivity contribution is 9.10. The van der Waals surface area contributed by atoms with Gasteiger partial charge in [0.2, 0.25) is 0 Å². The molecule has 4 nitrogen and oxygen atoms in total. The summed E-state index contributed by atoms with van der Waals surface area (Å²) in [6.07, 6.45) is 1.83. The van der Waals surface area contributed by atoms with Crippen molar-refractivity contribution in [3.05, 3.63) is 28.2 Å². The van der Waals surface area contributed by atoms with Crippen molar-refractivity contribution in [1.29, 1.82) is 0 Å². The molecule has 1 aliphatic heterocycles. The molecule has 98 valence electrons. The van der Waals surface area contributed by atoms with Gasteiger partial charge in [-0.2, -0.15) is 0 Å². The maximum absolute atomic E-state index is 12.1. The number of carbonyl (C=O) groups is 1. The fraction of sp³-hybridized carbons (Fsp3) is 0.462. The predicted octanol–water partition coefficient (Wildman–Crippen LogP) is 2.75. The molecule has 2 amide bonds. The van der Waals surface area contributed by atoms with E-state index in [2.05, 4.69) is 21.2 Å². The third-order valence-electron chi connectivity index (χ3n) is 3.21. The fourth-order valence-corrected chi connectivity index (χ4v) is 2.79. The molecule has 2 N–H and O–H groups in total. The lowest BCUT2D eigenvalue weighted by molar-refractivity contribution is 0.166. The lowest BCUT2D eigenvalue weighted by Gasteiger charge is -2.23. The maximum atomic E-state index is 12.1. The van der Waals surface area contributed by atoms with E-state index in [9.17, 15) is 9.90 Å². The summed E-state index contributed by atoms with van der Waals surface area (Å²) in [5, 5.41) is 12.1. The van der Waals surface area contributed by atoms with Gasteiger partial charge in [-0.1, -0.05) is 6.07 Å². The minimum absolute atomic E-state index is 0.0302. The largest absolute Gasteiger partial charge is 0.394 e. The van der Waals surface area contributed by atoms with Crippen molar-refractivity contribution in [1.82, 2.24) is 4.90 Å². The molecule has 1 aliphatic rings. The summed E-state index contributed by atoms with van der Waals surface area (Å²) in [6.45, 7) is 2.74. The van der Waals surface area contributed by atoms with Gasteiger partial charge in [-0.05, 0) is 53.4 Å². The first kappa shape index (κ1) is 13.4. The molecule has 0 aliphatic carbocycles. The number of likely N-dealkylation sites (tertiary alicyclic amines) is 1. The van der Waals surface area contributed by atoms with Gasteiger partial charge in [0.1, 0.15) is 0 Å². The number of nitrogens with zero attached hydrogens (tertiary/aromatic N) is 1. The Hall–Kier alpha value is -1.07. The van der Waals surface area contributed by atoms with E-state index in [-0.39, 0.29) is 18.7 Å². The van der Waals surface area contributed by atoms with Crippen LogP contribution in [0.3, 0.4) is 0 Å². The number of anilines is 1. The lowest BCUT2D eigenvalue weighted by Crippen LogP contribution is -2.40. The molecular formula is C13H17BrN2O2. The van der Waals surface area contributed by atoms with E-state index in [0.29, 0.717) is 6.54 Å². The van der Waals surface area contributed by atoms with Gasteiger partial charge in [-0.3, -0.25) is 0 Å². The van der Waals surface area contributed by atoms with Crippen LogP contribution in [-0.2, 0) is 0 Å². The molecule has 5 heteroatoms. The normalized spacial score (nSPS) is 19.1. The van der Waals surface area contributed by atoms with Gasteiger partial charge < -0.3 is 15.3 Å². The van der Waals surface area contributed by atoms with Gasteiger partial charge >= 0.3 is 6.03 Å². The molecule has 1 fully saturated rings. The highest BCUT2D eigenvalue weighted by atomic mass is 79.9. The van der Waals surface area contributed by atoms with Gasteiger partial charge in [-0.25, -0.2) is 4.79 Å². The molecule has 0 radical (unpaired) electrons. The number of halogens is 1. The van der Waals surface area contributed by atoms with E-state index in [1.54, 1.807) is 4.90 Å². The molecule has 0 aromatic heterocycles. The minimum atomic E-state index is -0.142. The first-order valence-corrected chi connectivity index (χ1v) is 6.85. The zero-order valence-corrected chi connectivity index (χ0v) is 11.9. The van der Waals surface area contributed by atoms with Crippen LogP contribution in [0.15, 0.2) is 22.7 Å². The smallest absolute Gasteiger partial charge is 0.322 e. The second-order valence-electron chi connectivity index (χ2n) is 4.59. The average molecular weight is 313 g/mol. The molecular weight excluding hydrogens is 296 g/mol. The van der Waals surface area contributed by atoms with Crippen molar-refractivity contribution in [3.63, 3.8) is 0 Å². The third kappa shape index (κ3) is 2.84. The Kier molecular flexibility index (Phi) is 4.24. The lowest BCUT2D eigenvalue weighted by atomic mass is 10.2. The highest BCUT2D eigenvalue weighted by Gasteiger charge is 2.28. The van der Waals surface area contributed by atoms with E-state index in [1.165, 1.54) is 0 Å². The average Bonchev–Trinajstić information content (AvgIpc) is 2.81. The van der Waals surface area contributed by atoms with E-state index < -0.39 is 0 Å². The second kappa shape index (κ2) is 5.71. The Bertz CT molecular complexity index is 451. The van der Waals surface area contributed by atoms with Crippen molar-refractivity contribution >= 4 is 27.6 Å². The van der Waals surface area contributed by atoms with Crippen molar-refractivity contribution in [3.8, 4) is 0 Å². The van der Waals surface area contributed by atoms with Gasteiger partial charge in [0, 0.05) is 11.0 Å². The molecule has 0 bridgehead atoms. The number of hydrogen-bond donors (Lipinski definition) is 2. The number of aliphatic hydroxyl groups excluding tert-OH is 1. The van der Waals surface area contributed by atoms with Crippen LogP contribution in [0.4, 0.5) is 10.5 Å². The van der Waals surface area contributed by atoms with Crippen molar-refractivity contribution < 1.29 is 9.90 Å². The number of aryl methyl sites for hydroxylation is 1. The topological polar surface area (TPSA) is 52.6 Å². The van der Waals surface area contributed by atoms with Crippen LogP contribution in [0.1, 0.15) is 18.4 Å². The summed E-state index contributed by atoms with van der Waals surface area (Å²) in [7, 11) is 0. The number of nitrogens with one attached hydrogen (secondary N) is 1. The molecule has 2 rings (SSSR count). The van der Waals surface area contributed by atoms with Crippen LogP contribution in [0.25, 0.3) is 0 Å². The molecule has 1 atom stereocenters. The molecule has 0 unspecified atom stereocenters. The zero-order chi connectivity index (χ0) is 13.1. The molecule has 1 aromatic rings. The van der Waals surface area contributed by atoms with Crippen LogP contribution in [-0.4, -0.2) is 35.2 Å². The van der Waals surface area contributed by atoms with E-state index >= 15 is 0 Å². The maximum Gasteiger partial charge on any atom is 0.322 e. The van der Waals surface area contributed by atoms with E-state index in [0.717, 1.165) is 28.6 Å². The number of rotatable bonds is 2. The van der Waals surface area contributed by atoms with Gasteiger partial charge in [0.25, 0.3) is 0 Å². The van der Waals surface area contributed by atoms with Crippen LogP contribution < -0.4 is 5.32 Å². The van der Waals surface area contributed by atoms with Crippen molar-refractivity contribution in [2.24, 2.45) is 0 Å². The summed E-state index contributed by atoms with van der Waals surface area (Å²) in [5.41, 5.74) is 1.89. The Labute approximate surface area is 115 Å². The summed E-state index contributed by atoms with van der Waals surface area (Å²) in [6, 6.07) is 5.60. The van der Waals surface area contributed by atoms with E-state index in [4.69, 9.17) is 0 Å². The number of carbonyl (C=O) groups excluding carboxylic acids is 1. The quantitative estimate of drug-likeness (QED) is 0.882. The Balaban J connectivity index is 2.07. The first-order chi connectivity index (χ1) is 8.61. The first-order valence-electron chi connectivity index (χ1n) is 6.06. The summed E-state index contributed by atoms with van der Waals surface area (Å²) >= 11 is 3.43. The van der Waals surface area contributed by atoms with Gasteiger partial charge in [0.05, 0.1) is 18.3 Å². The Morgan fingerprint density at radius 1 is 1.61 bits per heavy atom. The molecule has 18 heavy (non-hydrogen) atoms. The number of urea groups is 1. The molecule has 1 saturated heterocycles. The van der Waals surface area contributed by atoms with Crippen LogP contribution in [0.2, 0.25) is 0 Å². The minimum Gasteiger partial charge on any atom is -0.394 e. The van der Waals surface area contributed by atoms with E-state index in [1.807, 2.05) is 25.1 Å². The predicted molar refractivity (Wildman–Crippen MR) is 74.7 cm³/mol. The summed E-state index contributed by atoms with van der Waals surface area (Å²) in [5.74, 6) is 0. The van der Waals surface area contributed by atoms with Crippen LogP contribution in [0, 0.1) is 6.92 Å². The standard InChI is InChI=1S/C13H17BrN2O2/c1-9-4-5-12(11(14)7-9)15-13(18)16-6-2-3-10(16)8-17/h4-5,7,10,17H,2-3,6,8H2,1H3,(H,15,18)/t10-/m0/s1. The second-order valence-corrected chi connectivity index (χ2v) is 5.44. The Morgan fingerprint density at radius 3 is 3.06 bits per heavy atom. The van der Waals surface area contributed by atoms with Crippen molar-refractivity contribution in [2.75, 3.05) is 18.5 Å². The SMILES string of the molecule is Cc1ccc(NC(=O)N2CCC[C@H]2CO)c(Br)c1. The van der Waals surface area contributed by atoms with Gasteiger partial charge in [0.15, 0.2) is 0 Å². The molecule has 1 heterocycles. The summed E-state index contributed by atoms with van der Waals surface area (Å²) in [4.78, 5) is 13.8. The van der Waals surface area contributed by atoms with Crippen LogP contribution in [0.5, 0.6) is 0 Å². The highest BCUT2D eigenvalue weighted by Crippen LogP contribution is 2.25. The van der Waals surface area contributed by atoms with Gasteiger partial charge in [-0.15, -0.1) is 0 Å². The monoisotopic (exact) mass is 312 g/mol. The third-order valence-corrected chi connectivity index (χ3v) is 3.87. The van der Waals surface area contributed by atoms with Crippen molar-refractivity contribution in [2.45, 2.75) is 25.8 Å². The number of aliphatic hydroxyl groups is 1. The zero-order valence-electron chi connectivity index (χ0n) is 10.3. The molecule has 0 spiro atoms. The Morgan fingerprint density at radius 2 is 2.39 bits per heavy atom. The molecule has 0 saturated carbocycles. The fourth-order valence-electron chi connectivity index (χ4n) is 2.20. The number of benzene rings is 1. The molecule has 1 aromatic carbocycles.